The zero-order valence-corrected chi connectivity index (χ0v) is 20.1. The van der Waals surface area contributed by atoms with Crippen molar-refractivity contribution < 1.29 is 18.0 Å². The molecule has 3 rings (SSSR count). The number of carbonyl (C=O) groups excluding carboxylic acids is 1. The lowest BCUT2D eigenvalue weighted by Crippen LogP contribution is -2.21. The molecule has 0 spiro atoms. The van der Waals surface area contributed by atoms with Gasteiger partial charge in [-0.3, -0.25) is 14.3 Å². The average Bonchev–Trinajstić information content (AvgIpc) is 3.16. The quantitative estimate of drug-likeness (QED) is 0.392. The van der Waals surface area contributed by atoms with Crippen molar-refractivity contribution in [2.75, 3.05) is 25.2 Å². The van der Waals surface area contributed by atoms with Crippen molar-refractivity contribution >= 4 is 46.6 Å². The number of nitrogens with zero attached hydrogens (tertiary/aromatic N) is 4. The monoisotopic (exact) mass is 517 g/mol. The Labute approximate surface area is 203 Å². The molecule has 33 heavy (non-hydrogen) atoms. The van der Waals surface area contributed by atoms with E-state index in [-0.39, 0.29) is 22.5 Å². The van der Waals surface area contributed by atoms with Crippen molar-refractivity contribution in [1.82, 2.24) is 19.7 Å². The van der Waals surface area contributed by atoms with E-state index in [2.05, 4.69) is 15.5 Å². The van der Waals surface area contributed by atoms with Crippen LogP contribution in [0.2, 0.25) is 10.0 Å². The summed E-state index contributed by atoms with van der Waals surface area (Å²) in [5.41, 5.74) is -0.633. The summed E-state index contributed by atoms with van der Waals surface area (Å²) in [6.07, 6.45) is -4.66. The minimum absolute atomic E-state index is 0.0756. The summed E-state index contributed by atoms with van der Waals surface area (Å²) in [5.74, 6) is -0.162. The number of nitrogens with one attached hydrogen (secondary N) is 1. The number of amides is 1. The van der Waals surface area contributed by atoms with Gasteiger partial charge in [0.05, 0.1) is 23.0 Å². The van der Waals surface area contributed by atoms with Crippen LogP contribution in [0.1, 0.15) is 24.4 Å². The lowest BCUT2D eigenvalue weighted by Gasteiger charge is -2.20. The van der Waals surface area contributed by atoms with Gasteiger partial charge in [-0.2, -0.15) is 13.2 Å². The van der Waals surface area contributed by atoms with Gasteiger partial charge in [0.1, 0.15) is 0 Å². The van der Waals surface area contributed by atoms with Crippen molar-refractivity contribution in [3.05, 3.63) is 63.9 Å². The predicted molar refractivity (Wildman–Crippen MR) is 124 cm³/mol. The van der Waals surface area contributed by atoms with E-state index in [1.807, 2.05) is 25.9 Å². The maximum atomic E-state index is 13.3. The van der Waals surface area contributed by atoms with E-state index in [0.29, 0.717) is 16.0 Å². The molecule has 176 valence electrons. The Bertz CT molecular complexity index is 1140. The molecule has 1 N–H and O–H groups in total. The topological polar surface area (TPSA) is 63.1 Å². The van der Waals surface area contributed by atoms with Gasteiger partial charge in [-0.1, -0.05) is 35.0 Å². The van der Waals surface area contributed by atoms with Gasteiger partial charge in [-0.05, 0) is 63.5 Å². The molecule has 3 aromatic rings. The molecule has 0 bridgehead atoms. The highest BCUT2D eigenvalue weighted by molar-refractivity contribution is 7.99. The van der Waals surface area contributed by atoms with Gasteiger partial charge in [0.25, 0.3) is 0 Å². The van der Waals surface area contributed by atoms with Gasteiger partial charge in [-0.25, -0.2) is 0 Å². The fourth-order valence-corrected chi connectivity index (χ4v) is 3.94. The fraction of sp³-hybridized carbons (Fsp3) is 0.286. The summed E-state index contributed by atoms with van der Waals surface area (Å²) in [5, 5.41) is 11.7. The minimum Gasteiger partial charge on any atom is -0.325 e. The Morgan fingerprint density at radius 3 is 2.36 bits per heavy atom. The summed E-state index contributed by atoms with van der Waals surface area (Å²) in [4.78, 5) is 14.4. The van der Waals surface area contributed by atoms with Crippen molar-refractivity contribution in [3.63, 3.8) is 0 Å². The first kappa shape index (κ1) is 25.4. The maximum absolute atomic E-state index is 13.3. The van der Waals surface area contributed by atoms with Gasteiger partial charge in [0.15, 0.2) is 11.0 Å². The lowest BCUT2D eigenvalue weighted by molar-refractivity contribution is -0.137. The third-order valence-corrected chi connectivity index (χ3v) is 6.20. The number of anilines is 1. The zero-order valence-electron chi connectivity index (χ0n) is 17.8. The van der Waals surface area contributed by atoms with Crippen LogP contribution in [0.3, 0.4) is 0 Å². The molecule has 12 heteroatoms. The summed E-state index contributed by atoms with van der Waals surface area (Å²) in [6, 6.07) is 10.1. The van der Waals surface area contributed by atoms with Crippen LogP contribution in [-0.2, 0) is 11.0 Å². The number of halogens is 5. The van der Waals surface area contributed by atoms with Gasteiger partial charge in [0.2, 0.25) is 5.91 Å². The Hall–Kier alpha value is -2.27. The molecule has 0 radical (unpaired) electrons. The first-order chi connectivity index (χ1) is 15.5. The predicted octanol–water partition coefficient (Wildman–Crippen LogP) is 5.95. The third-order valence-electron chi connectivity index (χ3n) is 4.78. The number of hydrogen-bond acceptors (Lipinski definition) is 5. The van der Waals surface area contributed by atoms with E-state index >= 15 is 0 Å². The molecular weight excluding hydrogens is 498 g/mol. The largest absolute Gasteiger partial charge is 0.418 e. The highest BCUT2D eigenvalue weighted by atomic mass is 35.5. The maximum Gasteiger partial charge on any atom is 0.418 e. The van der Waals surface area contributed by atoms with Crippen LogP contribution in [0, 0.1) is 0 Å². The smallest absolute Gasteiger partial charge is 0.325 e. The molecule has 1 aromatic heterocycles. The van der Waals surface area contributed by atoms with E-state index in [1.54, 1.807) is 28.8 Å². The Kier molecular flexibility index (Phi) is 7.94. The minimum atomic E-state index is -4.66. The summed E-state index contributed by atoms with van der Waals surface area (Å²) in [6.45, 7) is 1.96. The first-order valence-corrected chi connectivity index (χ1v) is 11.4. The molecule has 0 aliphatic rings. The standard InChI is InChI=1S/C21H20Cl2F3N5OS/c1-12(30(2)3)19-28-29-20(31(19)15-7-4-13(22)5-8-15)33-11-18(32)27-17-9-6-14(23)10-16(17)21(24,25)26/h4-10,12H,11H2,1-3H3,(H,27,32)/t12-/m1/s1. The molecule has 1 amide bonds. The number of thioether (sulfide) groups is 1. The molecule has 0 saturated carbocycles. The lowest BCUT2D eigenvalue weighted by atomic mass is 10.1. The normalized spacial score (nSPS) is 12.8. The second-order valence-corrected chi connectivity index (χ2v) is 9.13. The molecule has 0 aliphatic carbocycles. The zero-order chi connectivity index (χ0) is 24.3. The molecule has 0 fully saturated rings. The highest BCUT2D eigenvalue weighted by Crippen LogP contribution is 2.36. The van der Waals surface area contributed by atoms with E-state index in [0.717, 1.165) is 29.6 Å². The van der Waals surface area contributed by atoms with Crippen LogP contribution in [-0.4, -0.2) is 45.4 Å². The van der Waals surface area contributed by atoms with Crippen LogP contribution in [0.4, 0.5) is 18.9 Å². The number of benzene rings is 2. The van der Waals surface area contributed by atoms with Crippen LogP contribution in [0.5, 0.6) is 0 Å². The number of aromatic nitrogens is 3. The van der Waals surface area contributed by atoms with Gasteiger partial charge in [0, 0.05) is 15.7 Å². The van der Waals surface area contributed by atoms with Crippen LogP contribution < -0.4 is 5.32 Å². The van der Waals surface area contributed by atoms with Crippen molar-refractivity contribution in [2.24, 2.45) is 0 Å². The van der Waals surface area contributed by atoms with Crippen LogP contribution >= 0.6 is 35.0 Å². The molecule has 6 nitrogen and oxygen atoms in total. The van der Waals surface area contributed by atoms with E-state index in [1.165, 1.54) is 6.07 Å². The van der Waals surface area contributed by atoms with Gasteiger partial charge >= 0.3 is 6.18 Å². The number of alkyl halides is 3. The molecule has 0 saturated heterocycles. The van der Waals surface area contributed by atoms with E-state index in [4.69, 9.17) is 23.2 Å². The van der Waals surface area contributed by atoms with E-state index < -0.39 is 17.6 Å². The Morgan fingerprint density at radius 2 is 1.76 bits per heavy atom. The van der Waals surface area contributed by atoms with Crippen LogP contribution in [0.15, 0.2) is 47.6 Å². The molecule has 1 heterocycles. The molecular formula is C21H20Cl2F3N5OS. The highest BCUT2D eigenvalue weighted by Gasteiger charge is 2.34. The molecule has 2 aromatic carbocycles. The van der Waals surface area contributed by atoms with Gasteiger partial charge in [-0.15, -0.1) is 10.2 Å². The van der Waals surface area contributed by atoms with Crippen molar-refractivity contribution in [3.8, 4) is 5.69 Å². The first-order valence-electron chi connectivity index (χ1n) is 9.64. The number of carbonyl (C=O) groups is 1. The van der Waals surface area contributed by atoms with Crippen LogP contribution in [0.25, 0.3) is 5.69 Å². The third kappa shape index (κ3) is 6.20. The average molecular weight is 518 g/mol. The molecule has 0 aliphatic heterocycles. The SMILES string of the molecule is C[C@H](c1nnc(SCC(=O)Nc2ccc(Cl)cc2C(F)(F)F)n1-c1ccc(Cl)cc1)N(C)C. The van der Waals surface area contributed by atoms with Crippen molar-refractivity contribution in [1.29, 1.82) is 0 Å². The Morgan fingerprint density at radius 1 is 1.12 bits per heavy atom. The Balaban J connectivity index is 1.83. The summed E-state index contributed by atoms with van der Waals surface area (Å²) in [7, 11) is 3.80. The second kappa shape index (κ2) is 10.3. The number of hydrogen-bond donors (Lipinski definition) is 1. The van der Waals surface area contributed by atoms with Crippen molar-refractivity contribution in [2.45, 2.75) is 24.3 Å². The van der Waals surface area contributed by atoms with E-state index in [9.17, 15) is 18.0 Å². The fourth-order valence-electron chi connectivity index (χ4n) is 2.89. The van der Waals surface area contributed by atoms with Gasteiger partial charge < -0.3 is 5.32 Å². The number of rotatable bonds is 7. The molecule has 0 unspecified atom stereocenters. The summed E-state index contributed by atoms with van der Waals surface area (Å²) >= 11 is 12.8. The second-order valence-electron chi connectivity index (χ2n) is 7.32. The molecule has 1 atom stereocenters. The summed E-state index contributed by atoms with van der Waals surface area (Å²) < 4.78 is 41.7.